The Kier molecular flexibility index (Phi) is 4.27. The van der Waals surface area contributed by atoms with E-state index in [2.05, 4.69) is 33.7 Å². The maximum Gasteiger partial charge on any atom is 0.136 e. The molecule has 0 unspecified atom stereocenters. The van der Waals surface area contributed by atoms with Crippen LogP contribution in [0.1, 0.15) is 25.6 Å². The summed E-state index contributed by atoms with van der Waals surface area (Å²) in [6.07, 6.45) is 2.06. The van der Waals surface area contributed by atoms with Crippen molar-refractivity contribution in [2.24, 2.45) is 0 Å². The molecule has 0 spiro atoms. The van der Waals surface area contributed by atoms with E-state index in [1.807, 2.05) is 26.0 Å². The van der Waals surface area contributed by atoms with Gasteiger partial charge in [-0.05, 0) is 30.5 Å². The fourth-order valence-corrected chi connectivity index (χ4v) is 2.04. The predicted octanol–water partition coefficient (Wildman–Crippen LogP) is 3.65. The van der Waals surface area contributed by atoms with Crippen molar-refractivity contribution in [2.45, 2.75) is 24.7 Å². The van der Waals surface area contributed by atoms with E-state index in [0.29, 0.717) is 5.82 Å². The lowest BCUT2D eigenvalue weighted by Gasteiger charge is -2.10. The average molecular weight is 274 g/mol. The van der Waals surface area contributed by atoms with Crippen LogP contribution in [0.15, 0.2) is 35.2 Å². The van der Waals surface area contributed by atoms with Gasteiger partial charge in [-0.15, -0.1) is 11.8 Å². The Morgan fingerprint density at radius 2 is 1.84 bits per heavy atom. The number of hydrogen-bond donors (Lipinski definition) is 2. The summed E-state index contributed by atoms with van der Waals surface area (Å²) in [4.78, 5) is 9.92. The number of hydrogen-bond acceptors (Lipinski definition) is 5. The first-order valence-corrected chi connectivity index (χ1v) is 7.36. The molecule has 5 heteroatoms. The second-order valence-electron chi connectivity index (χ2n) is 4.54. The van der Waals surface area contributed by atoms with Crippen molar-refractivity contribution in [2.75, 3.05) is 17.3 Å². The van der Waals surface area contributed by atoms with Crippen molar-refractivity contribution in [3.63, 3.8) is 0 Å². The number of nitrogens with two attached hydrogens (primary N) is 1. The van der Waals surface area contributed by atoms with E-state index in [0.717, 1.165) is 17.3 Å². The normalized spacial score (nSPS) is 10.7. The summed E-state index contributed by atoms with van der Waals surface area (Å²) in [5.41, 5.74) is 6.79. The number of thioether (sulfide) groups is 1. The lowest BCUT2D eigenvalue weighted by atomic mass is 10.2. The quantitative estimate of drug-likeness (QED) is 0.833. The van der Waals surface area contributed by atoms with Crippen LogP contribution < -0.4 is 11.1 Å². The maximum absolute atomic E-state index is 5.80. The zero-order valence-electron chi connectivity index (χ0n) is 11.3. The molecule has 2 aromatic rings. The summed E-state index contributed by atoms with van der Waals surface area (Å²) in [5.74, 6) is 2.22. The zero-order chi connectivity index (χ0) is 13.8. The van der Waals surface area contributed by atoms with Crippen molar-refractivity contribution in [1.29, 1.82) is 0 Å². The first-order valence-electron chi connectivity index (χ1n) is 6.14. The van der Waals surface area contributed by atoms with Gasteiger partial charge in [0.25, 0.3) is 0 Å². The van der Waals surface area contributed by atoms with Gasteiger partial charge in [0.15, 0.2) is 0 Å². The van der Waals surface area contributed by atoms with Gasteiger partial charge in [0.1, 0.15) is 17.5 Å². The Morgan fingerprint density at radius 3 is 2.42 bits per heavy atom. The molecule has 0 radical (unpaired) electrons. The molecule has 0 saturated carbocycles. The molecular weight excluding hydrogens is 256 g/mol. The van der Waals surface area contributed by atoms with E-state index < -0.39 is 0 Å². The minimum atomic E-state index is 0.253. The highest BCUT2D eigenvalue weighted by molar-refractivity contribution is 7.98. The van der Waals surface area contributed by atoms with Gasteiger partial charge in [0.2, 0.25) is 0 Å². The second-order valence-corrected chi connectivity index (χ2v) is 5.42. The fourth-order valence-electron chi connectivity index (χ4n) is 1.63. The van der Waals surface area contributed by atoms with Crippen LogP contribution in [0, 0.1) is 0 Å². The second kappa shape index (κ2) is 5.93. The molecule has 100 valence electrons. The van der Waals surface area contributed by atoms with Crippen LogP contribution in [-0.2, 0) is 0 Å². The molecule has 0 saturated heterocycles. The largest absolute Gasteiger partial charge is 0.384 e. The molecule has 3 N–H and O–H groups in total. The summed E-state index contributed by atoms with van der Waals surface area (Å²) in [6.45, 7) is 4.09. The van der Waals surface area contributed by atoms with E-state index in [-0.39, 0.29) is 5.92 Å². The van der Waals surface area contributed by atoms with Gasteiger partial charge < -0.3 is 11.1 Å². The van der Waals surface area contributed by atoms with Crippen molar-refractivity contribution < 1.29 is 0 Å². The van der Waals surface area contributed by atoms with Crippen molar-refractivity contribution in [1.82, 2.24) is 9.97 Å². The first-order chi connectivity index (χ1) is 9.08. The highest BCUT2D eigenvalue weighted by atomic mass is 32.2. The lowest BCUT2D eigenvalue weighted by molar-refractivity contribution is 0.779. The SMILES string of the molecule is CSc1ccc(Nc2cc(N)nc(C(C)C)n2)cc1. The van der Waals surface area contributed by atoms with Crippen molar-refractivity contribution in [3.05, 3.63) is 36.2 Å². The molecule has 1 aromatic carbocycles. The van der Waals surface area contributed by atoms with E-state index >= 15 is 0 Å². The highest BCUT2D eigenvalue weighted by Gasteiger charge is 2.06. The number of nitrogen functional groups attached to an aromatic ring is 1. The van der Waals surface area contributed by atoms with E-state index in [1.54, 1.807) is 17.8 Å². The number of nitrogens with one attached hydrogen (secondary N) is 1. The van der Waals surface area contributed by atoms with Crippen molar-refractivity contribution in [3.8, 4) is 0 Å². The van der Waals surface area contributed by atoms with Gasteiger partial charge in [-0.25, -0.2) is 9.97 Å². The van der Waals surface area contributed by atoms with Crippen LogP contribution in [0.5, 0.6) is 0 Å². The fraction of sp³-hybridized carbons (Fsp3) is 0.286. The summed E-state index contributed by atoms with van der Waals surface area (Å²) >= 11 is 1.72. The van der Waals surface area contributed by atoms with Crippen LogP contribution in [0.3, 0.4) is 0 Å². The molecule has 19 heavy (non-hydrogen) atoms. The van der Waals surface area contributed by atoms with Crippen LogP contribution in [0.2, 0.25) is 0 Å². The Balaban J connectivity index is 2.22. The predicted molar refractivity (Wildman–Crippen MR) is 82.0 cm³/mol. The van der Waals surface area contributed by atoms with Gasteiger partial charge in [-0.2, -0.15) is 0 Å². The third-order valence-corrected chi connectivity index (χ3v) is 3.39. The molecule has 0 bridgehead atoms. The highest BCUT2D eigenvalue weighted by Crippen LogP contribution is 2.22. The standard InChI is InChI=1S/C14H18N4S/c1-9(2)14-17-12(15)8-13(18-14)16-10-4-6-11(19-3)7-5-10/h4-9H,1-3H3,(H3,15,16,17,18). The van der Waals surface area contributed by atoms with Crippen LogP contribution >= 0.6 is 11.8 Å². The smallest absolute Gasteiger partial charge is 0.136 e. The molecule has 1 heterocycles. The van der Waals surface area contributed by atoms with E-state index in [9.17, 15) is 0 Å². The zero-order valence-corrected chi connectivity index (χ0v) is 12.2. The van der Waals surface area contributed by atoms with Crippen LogP contribution in [-0.4, -0.2) is 16.2 Å². The number of nitrogens with zero attached hydrogens (tertiary/aromatic N) is 2. The first kappa shape index (κ1) is 13.7. The molecule has 0 aliphatic carbocycles. The number of benzene rings is 1. The number of rotatable bonds is 4. The van der Waals surface area contributed by atoms with Gasteiger partial charge in [-0.3, -0.25) is 0 Å². The Hall–Kier alpha value is -1.75. The topological polar surface area (TPSA) is 63.8 Å². The Morgan fingerprint density at radius 1 is 1.16 bits per heavy atom. The Labute approximate surface area is 117 Å². The number of aromatic nitrogens is 2. The minimum absolute atomic E-state index is 0.253. The van der Waals surface area contributed by atoms with Gasteiger partial charge >= 0.3 is 0 Å². The van der Waals surface area contributed by atoms with Gasteiger partial charge in [0, 0.05) is 22.6 Å². The molecule has 2 rings (SSSR count). The summed E-state index contributed by atoms with van der Waals surface area (Å²) < 4.78 is 0. The third kappa shape index (κ3) is 3.61. The van der Waals surface area contributed by atoms with E-state index in [1.165, 1.54) is 4.90 Å². The monoisotopic (exact) mass is 274 g/mol. The molecular formula is C14H18N4S. The molecule has 0 amide bonds. The average Bonchev–Trinajstić information content (AvgIpc) is 2.39. The summed E-state index contributed by atoms with van der Waals surface area (Å²) in [7, 11) is 0. The minimum Gasteiger partial charge on any atom is -0.384 e. The molecule has 0 fully saturated rings. The molecule has 1 aromatic heterocycles. The molecule has 4 nitrogen and oxygen atoms in total. The molecule has 0 aliphatic rings. The molecule has 0 atom stereocenters. The van der Waals surface area contributed by atoms with Crippen LogP contribution in [0.25, 0.3) is 0 Å². The number of anilines is 3. The maximum atomic E-state index is 5.80. The third-order valence-electron chi connectivity index (χ3n) is 2.64. The lowest BCUT2D eigenvalue weighted by Crippen LogP contribution is -2.04. The van der Waals surface area contributed by atoms with Crippen molar-refractivity contribution >= 4 is 29.1 Å². The van der Waals surface area contributed by atoms with Gasteiger partial charge in [-0.1, -0.05) is 13.8 Å². The van der Waals surface area contributed by atoms with Crippen LogP contribution in [0.4, 0.5) is 17.3 Å². The molecule has 0 aliphatic heterocycles. The van der Waals surface area contributed by atoms with E-state index in [4.69, 9.17) is 5.73 Å². The Bertz CT molecular complexity index is 552. The van der Waals surface area contributed by atoms with Gasteiger partial charge in [0.05, 0.1) is 0 Å². The summed E-state index contributed by atoms with van der Waals surface area (Å²) in [6, 6.07) is 9.94. The summed E-state index contributed by atoms with van der Waals surface area (Å²) in [5, 5.41) is 3.25.